The molecular weight excluding hydrogens is 422 g/mol. The second kappa shape index (κ2) is 9.51. The fourth-order valence-electron chi connectivity index (χ4n) is 3.63. The molecule has 4 N–H and O–H groups in total. The molecule has 0 unspecified atom stereocenters. The average Bonchev–Trinajstić information content (AvgIpc) is 3.36. The lowest BCUT2D eigenvalue weighted by Crippen LogP contribution is -2.37. The van der Waals surface area contributed by atoms with E-state index in [4.69, 9.17) is 0 Å². The van der Waals surface area contributed by atoms with Crippen LogP contribution in [0.1, 0.15) is 30.3 Å². The van der Waals surface area contributed by atoms with Crippen LogP contribution in [0.5, 0.6) is 0 Å². The Morgan fingerprint density at radius 1 is 1.12 bits per heavy atom. The summed E-state index contributed by atoms with van der Waals surface area (Å²) in [6, 6.07) is 10.9. The molecule has 3 heterocycles. The number of H-pyrrole nitrogens is 2. The number of hydrogen-bond acceptors (Lipinski definition) is 5. The van der Waals surface area contributed by atoms with Crippen LogP contribution >= 0.6 is 0 Å². The number of aryl methyl sites for hydroxylation is 2. The minimum atomic E-state index is -0.831. The van der Waals surface area contributed by atoms with Crippen molar-refractivity contribution in [2.75, 3.05) is 11.9 Å². The Bertz CT molecular complexity index is 1370. The highest BCUT2D eigenvalue weighted by atomic mass is 16.2. The monoisotopic (exact) mass is 447 g/mol. The molecule has 0 spiro atoms. The maximum atomic E-state index is 12.5. The number of nitrogens with zero attached hydrogens (tertiary/aromatic N) is 3. The fourth-order valence-corrected chi connectivity index (χ4v) is 3.63. The van der Waals surface area contributed by atoms with Crippen LogP contribution < -0.4 is 16.2 Å². The van der Waals surface area contributed by atoms with Gasteiger partial charge in [0.25, 0.3) is 5.56 Å². The van der Waals surface area contributed by atoms with Gasteiger partial charge in [0.15, 0.2) is 0 Å². The lowest BCUT2D eigenvalue weighted by Gasteiger charge is -2.09. The van der Waals surface area contributed by atoms with Crippen LogP contribution in [-0.4, -0.2) is 43.1 Å². The Kier molecular flexibility index (Phi) is 6.34. The molecule has 0 aliphatic rings. The van der Waals surface area contributed by atoms with Gasteiger partial charge in [-0.1, -0.05) is 31.5 Å². The van der Waals surface area contributed by atoms with Gasteiger partial charge < -0.3 is 15.6 Å². The molecule has 0 fully saturated rings. The van der Waals surface area contributed by atoms with E-state index < -0.39 is 11.8 Å². The first-order valence-electron chi connectivity index (χ1n) is 10.8. The van der Waals surface area contributed by atoms with E-state index in [9.17, 15) is 14.4 Å². The van der Waals surface area contributed by atoms with Crippen LogP contribution in [0.25, 0.3) is 16.9 Å². The van der Waals surface area contributed by atoms with E-state index in [1.54, 1.807) is 13.0 Å². The SMILES string of the molecule is CCCc1cc(=O)[nH]c(-n2nc(C)cc2NC(=O)C(=O)NCCc2c[nH]c3ccccc23)n1. The number of fused-ring (bicyclic) bond motifs is 1. The van der Waals surface area contributed by atoms with E-state index in [1.807, 2.05) is 37.4 Å². The highest BCUT2D eigenvalue weighted by molar-refractivity contribution is 6.39. The summed E-state index contributed by atoms with van der Waals surface area (Å²) in [6.45, 7) is 4.03. The summed E-state index contributed by atoms with van der Waals surface area (Å²) in [5.41, 5.74) is 2.98. The molecule has 4 aromatic rings. The average molecular weight is 447 g/mol. The van der Waals surface area contributed by atoms with Gasteiger partial charge in [-0.3, -0.25) is 19.4 Å². The molecule has 2 amide bonds. The maximum Gasteiger partial charge on any atom is 0.314 e. The minimum Gasteiger partial charge on any atom is -0.361 e. The number of hydrogen-bond donors (Lipinski definition) is 4. The molecule has 3 aromatic heterocycles. The van der Waals surface area contributed by atoms with Crippen molar-refractivity contribution in [3.63, 3.8) is 0 Å². The van der Waals surface area contributed by atoms with Gasteiger partial charge in [0.05, 0.1) is 5.69 Å². The molecule has 0 radical (unpaired) electrons. The summed E-state index contributed by atoms with van der Waals surface area (Å²) in [6.07, 6.45) is 3.95. The van der Waals surface area contributed by atoms with E-state index in [0.717, 1.165) is 22.9 Å². The number of anilines is 1. The molecule has 0 atom stereocenters. The zero-order valence-electron chi connectivity index (χ0n) is 18.4. The largest absolute Gasteiger partial charge is 0.361 e. The number of aromatic amines is 2. The smallest absolute Gasteiger partial charge is 0.314 e. The molecule has 170 valence electrons. The summed E-state index contributed by atoms with van der Waals surface area (Å²) in [5, 5.41) is 10.6. The summed E-state index contributed by atoms with van der Waals surface area (Å²) >= 11 is 0. The first kappa shape index (κ1) is 22.0. The van der Waals surface area contributed by atoms with Crippen LogP contribution in [0.4, 0.5) is 5.82 Å². The van der Waals surface area contributed by atoms with E-state index in [0.29, 0.717) is 30.8 Å². The van der Waals surface area contributed by atoms with Crippen molar-refractivity contribution in [2.24, 2.45) is 0 Å². The van der Waals surface area contributed by atoms with Gasteiger partial charge in [-0.15, -0.1) is 0 Å². The molecule has 0 saturated carbocycles. The summed E-state index contributed by atoms with van der Waals surface area (Å²) in [7, 11) is 0. The third-order valence-electron chi connectivity index (χ3n) is 5.12. The van der Waals surface area contributed by atoms with Gasteiger partial charge in [0, 0.05) is 41.5 Å². The Morgan fingerprint density at radius 3 is 2.76 bits per heavy atom. The van der Waals surface area contributed by atoms with Gasteiger partial charge >= 0.3 is 11.8 Å². The highest BCUT2D eigenvalue weighted by Gasteiger charge is 2.18. The van der Waals surface area contributed by atoms with E-state index in [1.165, 1.54) is 10.7 Å². The van der Waals surface area contributed by atoms with Crippen LogP contribution in [0.2, 0.25) is 0 Å². The highest BCUT2D eigenvalue weighted by Crippen LogP contribution is 2.18. The van der Waals surface area contributed by atoms with Gasteiger partial charge in [-0.2, -0.15) is 9.78 Å². The van der Waals surface area contributed by atoms with Crippen LogP contribution in [0, 0.1) is 6.92 Å². The quantitative estimate of drug-likeness (QED) is 0.321. The van der Waals surface area contributed by atoms with E-state index in [2.05, 4.69) is 30.7 Å². The fraction of sp³-hybridized carbons (Fsp3) is 0.261. The van der Waals surface area contributed by atoms with Crippen molar-refractivity contribution in [3.8, 4) is 5.95 Å². The second-order valence-corrected chi connectivity index (χ2v) is 7.71. The van der Waals surface area contributed by atoms with Crippen LogP contribution in [0.3, 0.4) is 0 Å². The van der Waals surface area contributed by atoms with Crippen molar-refractivity contribution in [2.45, 2.75) is 33.1 Å². The number of para-hydroxylation sites is 1. The van der Waals surface area contributed by atoms with Gasteiger partial charge in [0.1, 0.15) is 5.82 Å². The first-order valence-corrected chi connectivity index (χ1v) is 10.8. The van der Waals surface area contributed by atoms with Crippen molar-refractivity contribution in [1.82, 2.24) is 30.0 Å². The van der Waals surface area contributed by atoms with E-state index >= 15 is 0 Å². The van der Waals surface area contributed by atoms with Crippen molar-refractivity contribution in [1.29, 1.82) is 0 Å². The number of carbonyl (C=O) groups excluding carboxylic acids is 2. The summed E-state index contributed by atoms with van der Waals surface area (Å²) in [5.74, 6) is -1.18. The van der Waals surface area contributed by atoms with Crippen molar-refractivity contribution >= 4 is 28.5 Å². The number of aromatic nitrogens is 5. The number of benzene rings is 1. The third kappa shape index (κ3) is 5.00. The number of nitrogens with one attached hydrogen (secondary N) is 4. The Labute approximate surface area is 189 Å². The van der Waals surface area contributed by atoms with Crippen LogP contribution in [-0.2, 0) is 22.4 Å². The van der Waals surface area contributed by atoms with Crippen molar-refractivity contribution in [3.05, 3.63) is 69.9 Å². The molecule has 0 aliphatic carbocycles. The van der Waals surface area contributed by atoms with Crippen LogP contribution in [0.15, 0.2) is 47.4 Å². The maximum absolute atomic E-state index is 12.5. The molecule has 10 nitrogen and oxygen atoms in total. The topological polar surface area (TPSA) is 138 Å². The number of rotatable bonds is 7. The minimum absolute atomic E-state index is 0.175. The number of amides is 2. The molecule has 0 saturated heterocycles. The molecular formula is C23H25N7O3. The van der Waals surface area contributed by atoms with Crippen molar-refractivity contribution < 1.29 is 9.59 Å². The Hall–Kier alpha value is -4.21. The van der Waals surface area contributed by atoms with Gasteiger partial charge in [-0.05, 0) is 31.4 Å². The zero-order chi connectivity index (χ0) is 23.4. The zero-order valence-corrected chi connectivity index (χ0v) is 18.4. The summed E-state index contributed by atoms with van der Waals surface area (Å²) < 4.78 is 1.31. The second-order valence-electron chi connectivity index (χ2n) is 7.71. The van der Waals surface area contributed by atoms with Gasteiger partial charge in [-0.25, -0.2) is 4.98 Å². The lowest BCUT2D eigenvalue weighted by molar-refractivity contribution is -0.136. The standard InChI is InChI=1S/C23H25N7O3/c1-3-6-16-12-20(31)28-23(26-16)30-19(11-14(2)29-30)27-22(33)21(32)24-10-9-15-13-25-18-8-5-4-7-17(15)18/h4-5,7-8,11-13,25H,3,6,9-10H2,1-2H3,(H,24,32)(H,27,33)(H,26,28,31). The predicted molar refractivity (Wildman–Crippen MR) is 124 cm³/mol. The molecule has 1 aromatic carbocycles. The first-order chi connectivity index (χ1) is 15.9. The third-order valence-corrected chi connectivity index (χ3v) is 5.12. The molecule has 33 heavy (non-hydrogen) atoms. The number of carbonyl (C=O) groups is 2. The predicted octanol–water partition coefficient (Wildman–Crippen LogP) is 2.00. The van der Waals surface area contributed by atoms with Gasteiger partial charge in [0.2, 0.25) is 5.95 Å². The molecule has 4 rings (SSSR count). The molecule has 0 aliphatic heterocycles. The Balaban J connectivity index is 1.42. The Morgan fingerprint density at radius 2 is 1.94 bits per heavy atom. The normalized spacial score (nSPS) is 11.0. The summed E-state index contributed by atoms with van der Waals surface area (Å²) in [4.78, 5) is 47.1. The van der Waals surface area contributed by atoms with E-state index in [-0.39, 0.29) is 17.3 Å². The molecule has 0 bridgehead atoms. The lowest BCUT2D eigenvalue weighted by atomic mass is 10.1. The molecule has 10 heteroatoms.